The van der Waals surface area contributed by atoms with Gasteiger partial charge in [-0.1, -0.05) is 230 Å². The van der Waals surface area contributed by atoms with Gasteiger partial charge in [0.1, 0.15) is 19.3 Å². The molecule has 0 aliphatic heterocycles. The lowest BCUT2D eigenvalue weighted by atomic mass is 10.1. The van der Waals surface area contributed by atoms with Gasteiger partial charge in [0.25, 0.3) is 0 Å². The molecule has 538 valence electrons. The summed E-state index contributed by atoms with van der Waals surface area (Å²) in [6, 6.07) is 0. The number of unbranched alkanes of at least 4 members (excludes halogenated alkanes) is 36. The van der Waals surface area contributed by atoms with Crippen LogP contribution in [0.4, 0.5) is 0 Å². The summed E-state index contributed by atoms with van der Waals surface area (Å²) in [5.74, 6) is -2.19. The highest BCUT2D eigenvalue weighted by atomic mass is 31.2. The minimum Gasteiger partial charge on any atom is -0.462 e. The number of rotatable bonds is 70. The van der Waals surface area contributed by atoms with Crippen LogP contribution in [0.2, 0.25) is 0 Å². The van der Waals surface area contributed by atoms with Gasteiger partial charge in [-0.05, 0) is 128 Å². The van der Waals surface area contributed by atoms with Crippen LogP contribution in [0.15, 0.2) is 48.6 Å². The Kier molecular flexibility index (Phi) is 64.5. The molecule has 0 saturated heterocycles. The molecule has 0 saturated carbocycles. The summed E-state index contributed by atoms with van der Waals surface area (Å²) < 4.78 is 68.3. The van der Waals surface area contributed by atoms with E-state index >= 15 is 0 Å². The molecule has 0 radical (unpaired) electrons. The Hall–Kier alpha value is -2.98. The number of phosphoric ester groups is 2. The fraction of sp³-hybridized carbons (Fsp3) is 0.836. The third-order valence-electron chi connectivity index (χ3n) is 15.7. The van der Waals surface area contributed by atoms with E-state index in [-0.39, 0.29) is 25.7 Å². The number of carbonyl (C=O) groups is 4. The van der Waals surface area contributed by atoms with Crippen LogP contribution in [0.5, 0.6) is 0 Å². The monoisotopic (exact) mass is 1340 g/mol. The van der Waals surface area contributed by atoms with Crippen LogP contribution in [0, 0.1) is 0 Å². The second-order valence-electron chi connectivity index (χ2n) is 24.9. The van der Waals surface area contributed by atoms with Crippen LogP contribution < -0.4 is 0 Å². The molecule has 0 aliphatic rings. The predicted molar refractivity (Wildman–Crippen MR) is 372 cm³/mol. The van der Waals surface area contributed by atoms with Gasteiger partial charge in [0.05, 0.1) is 26.4 Å². The minimum absolute atomic E-state index is 0.0877. The van der Waals surface area contributed by atoms with Gasteiger partial charge in [-0.15, -0.1) is 0 Å². The lowest BCUT2D eigenvalue weighted by Crippen LogP contribution is -2.30. The Labute approximate surface area is 559 Å². The second kappa shape index (κ2) is 66.6. The van der Waals surface area contributed by atoms with Crippen molar-refractivity contribution in [3.63, 3.8) is 0 Å². The number of hydrogen-bond donors (Lipinski definition) is 3. The van der Waals surface area contributed by atoms with Crippen molar-refractivity contribution in [1.29, 1.82) is 0 Å². The van der Waals surface area contributed by atoms with E-state index in [0.717, 1.165) is 154 Å². The summed E-state index contributed by atoms with van der Waals surface area (Å²) in [5.41, 5.74) is 0. The number of aliphatic hydroxyl groups is 1. The van der Waals surface area contributed by atoms with Crippen molar-refractivity contribution in [3.8, 4) is 0 Å². The van der Waals surface area contributed by atoms with E-state index in [2.05, 4.69) is 76.3 Å². The molecule has 4 atom stereocenters. The highest BCUT2D eigenvalue weighted by Crippen LogP contribution is 2.45. The smallest absolute Gasteiger partial charge is 0.462 e. The van der Waals surface area contributed by atoms with Gasteiger partial charge >= 0.3 is 39.5 Å². The second-order valence-corrected chi connectivity index (χ2v) is 27.8. The molecule has 0 spiro atoms. The lowest BCUT2D eigenvalue weighted by molar-refractivity contribution is -0.161. The van der Waals surface area contributed by atoms with E-state index in [1.165, 1.54) is 103 Å². The molecule has 0 rings (SSSR count). The maximum Gasteiger partial charge on any atom is 0.472 e. The predicted octanol–water partition coefficient (Wildman–Crippen LogP) is 20.6. The number of aliphatic hydroxyl groups excluding tert-OH is 1. The Bertz CT molecular complexity index is 1810. The standard InChI is InChI=1S/C73H134O17P2/c1-5-9-13-17-21-25-29-33-37-41-45-49-53-57-70(75)83-63-68(89-72(77)59-55-51-47-43-39-35-31-27-23-19-15-11-7-3)65-87-91(79,80)85-61-67(74)62-86-92(81,82)88-66-69(90-73(78)60-56-52-48-44-40-36-32-28-24-20-16-12-8-4)64-84-71(76)58-54-50-46-42-38-34-30-26-22-18-14-10-6-2/h25-32,67-69,74H,5-24,33-66H2,1-4H3,(H,79,80)(H,81,82). The van der Waals surface area contributed by atoms with Gasteiger partial charge in [-0.25, -0.2) is 9.13 Å². The number of phosphoric acid groups is 2. The molecule has 0 fully saturated rings. The number of allylic oxidation sites excluding steroid dienone is 8. The average molecular weight is 1350 g/mol. The summed E-state index contributed by atoms with van der Waals surface area (Å²) in [5, 5.41) is 10.6. The SMILES string of the molecule is CCCCCCC=CCCCCCCCC(=O)OCC(COP(=O)(O)OCC(O)COP(=O)(O)OCC(COC(=O)CCCCCCCC=CCCCCCC)OC(=O)CCCCCCCC=CCCCCCC)OC(=O)CCCCCCCC=CCCCCCC. The first-order chi connectivity index (χ1) is 44.7. The molecule has 4 unspecified atom stereocenters. The molecule has 0 bridgehead atoms. The summed E-state index contributed by atoms with van der Waals surface area (Å²) in [4.78, 5) is 72.6. The first kappa shape index (κ1) is 89.0. The van der Waals surface area contributed by atoms with Crippen LogP contribution in [-0.2, 0) is 65.4 Å². The van der Waals surface area contributed by atoms with Crippen LogP contribution in [0.25, 0.3) is 0 Å². The van der Waals surface area contributed by atoms with E-state index < -0.39 is 97.5 Å². The van der Waals surface area contributed by atoms with Crippen LogP contribution in [0.1, 0.15) is 336 Å². The van der Waals surface area contributed by atoms with Crippen molar-refractivity contribution in [2.45, 2.75) is 354 Å². The van der Waals surface area contributed by atoms with Crippen molar-refractivity contribution in [1.82, 2.24) is 0 Å². The van der Waals surface area contributed by atoms with Gasteiger partial charge in [-0.2, -0.15) is 0 Å². The molecule has 0 amide bonds. The van der Waals surface area contributed by atoms with Crippen molar-refractivity contribution >= 4 is 39.5 Å². The Morgan fingerprint density at radius 1 is 0.293 bits per heavy atom. The molecule has 0 aromatic heterocycles. The van der Waals surface area contributed by atoms with Crippen molar-refractivity contribution in [2.24, 2.45) is 0 Å². The van der Waals surface area contributed by atoms with Crippen molar-refractivity contribution in [2.75, 3.05) is 39.6 Å². The molecule has 92 heavy (non-hydrogen) atoms. The zero-order valence-electron chi connectivity index (χ0n) is 58.5. The van der Waals surface area contributed by atoms with E-state index in [0.29, 0.717) is 25.7 Å². The van der Waals surface area contributed by atoms with Gasteiger partial charge in [0.15, 0.2) is 12.2 Å². The zero-order chi connectivity index (χ0) is 67.5. The number of esters is 4. The molecule has 0 heterocycles. The Morgan fingerprint density at radius 2 is 0.500 bits per heavy atom. The maximum atomic E-state index is 13.0. The molecule has 0 aromatic rings. The van der Waals surface area contributed by atoms with Gasteiger partial charge < -0.3 is 33.8 Å². The lowest BCUT2D eigenvalue weighted by Gasteiger charge is -2.21. The van der Waals surface area contributed by atoms with E-state index in [4.69, 9.17) is 37.0 Å². The normalized spacial score (nSPS) is 14.3. The largest absolute Gasteiger partial charge is 0.472 e. The number of hydrogen-bond acceptors (Lipinski definition) is 15. The number of carbonyl (C=O) groups excluding carboxylic acids is 4. The molecule has 17 nitrogen and oxygen atoms in total. The van der Waals surface area contributed by atoms with E-state index in [1.807, 2.05) is 0 Å². The summed E-state index contributed by atoms with van der Waals surface area (Å²) >= 11 is 0. The van der Waals surface area contributed by atoms with Crippen molar-refractivity contribution < 1.29 is 80.2 Å². The van der Waals surface area contributed by atoms with Crippen LogP contribution in [0.3, 0.4) is 0 Å². The molecular formula is C73H134O17P2. The summed E-state index contributed by atoms with van der Waals surface area (Å²) in [7, 11) is -9.93. The first-order valence-electron chi connectivity index (χ1n) is 36.9. The molecular weight excluding hydrogens is 1210 g/mol. The fourth-order valence-corrected chi connectivity index (χ4v) is 11.6. The summed E-state index contributed by atoms with van der Waals surface area (Å²) in [6.45, 7) is 4.81. The van der Waals surface area contributed by atoms with Gasteiger partial charge in [0, 0.05) is 25.7 Å². The van der Waals surface area contributed by atoms with Crippen LogP contribution in [-0.4, -0.2) is 96.7 Å². The quantitative estimate of drug-likeness (QED) is 0.0169. The summed E-state index contributed by atoms with van der Waals surface area (Å²) in [6.07, 6.45) is 61.1. The Balaban J connectivity index is 5.32. The van der Waals surface area contributed by atoms with Crippen LogP contribution >= 0.6 is 15.6 Å². The third kappa shape index (κ3) is 65.7. The topological polar surface area (TPSA) is 237 Å². The van der Waals surface area contributed by atoms with E-state index in [9.17, 15) is 43.2 Å². The van der Waals surface area contributed by atoms with Crippen molar-refractivity contribution in [3.05, 3.63) is 48.6 Å². The Morgan fingerprint density at radius 3 is 0.750 bits per heavy atom. The molecule has 0 aliphatic carbocycles. The molecule has 19 heteroatoms. The minimum atomic E-state index is -4.96. The highest BCUT2D eigenvalue weighted by Gasteiger charge is 2.30. The zero-order valence-corrected chi connectivity index (χ0v) is 60.3. The average Bonchev–Trinajstić information content (AvgIpc) is 3.63. The molecule has 3 N–H and O–H groups in total. The third-order valence-corrected chi connectivity index (χ3v) is 17.6. The van der Waals surface area contributed by atoms with E-state index in [1.54, 1.807) is 0 Å². The maximum absolute atomic E-state index is 13.0. The van der Waals surface area contributed by atoms with Gasteiger partial charge in [-0.3, -0.25) is 37.3 Å². The number of ether oxygens (including phenoxy) is 4. The van der Waals surface area contributed by atoms with Gasteiger partial charge in [0.2, 0.25) is 0 Å². The fourth-order valence-electron chi connectivity index (χ4n) is 10.0. The first-order valence-corrected chi connectivity index (χ1v) is 39.9. The highest BCUT2D eigenvalue weighted by molar-refractivity contribution is 7.47. The molecule has 0 aromatic carbocycles.